The Morgan fingerprint density at radius 3 is 1.75 bits per heavy atom. The lowest BCUT2D eigenvalue weighted by Gasteiger charge is -2.24. The summed E-state index contributed by atoms with van der Waals surface area (Å²) in [7, 11) is 95.2. The molecule has 10 rings (SSSR count). The largest absolute Gasteiger partial charge is 0.456 e. The zero-order valence-electron chi connectivity index (χ0n) is 32.4. The van der Waals surface area contributed by atoms with Gasteiger partial charge in [0.25, 0.3) is 0 Å². The number of rotatable bonds is 3. The summed E-state index contributed by atoms with van der Waals surface area (Å²) < 4.78 is 9.84. The SMILES string of the molecule is [B]c1cc(-c2c([B])c(C)c([B])c3c2sc2c([B])c([B])c([B])c([B])c23)cc([B])c1-c1c([B])c([B])c2c(c1[B])c1c([B])c(Br)c([B])c([B])c1n2-c1cccc2oc3ccccc3c12. The first kappa shape index (κ1) is 40.8. The van der Waals surface area contributed by atoms with Crippen LogP contribution in [0.2, 0.25) is 0 Å². The van der Waals surface area contributed by atoms with E-state index >= 15 is 0 Å². The molecule has 0 aliphatic heterocycles. The first-order valence-electron chi connectivity index (χ1n) is 18.7. The standard InChI is InChI=1S/C43H12B14BrNOS/c1-11-27(46)19(42-25(28(11)47)26-31(50)33(52)34(53)38(57)43(26)61-42)12-9-14(44)21(15(45)10-12)22-29(48)23-24-32(51)39(58)35(54)37(56)41(24)59(40(23)36(55)30(22)49)16-6-4-8-18-20(16)13-5-2-3-7-17(13)60-18/h2-10H,1H3. The Hall–Kier alpha value is -4.25. The van der Waals surface area contributed by atoms with Crippen molar-refractivity contribution in [2.75, 3.05) is 0 Å². The van der Waals surface area contributed by atoms with Crippen LogP contribution in [0.3, 0.4) is 0 Å². The number of thiophene rings is 1. The summed E-state index contributed by atoms with van der Waals surface area (Å²) in [4.78, 5) is 0. The smallest absolute Gasteiger partial charge is 0.137 e. The summed E-state index contributed by atoms with van der Waals surface area (Å²) in [5.74, 6) is 0. The minimum atomic E-state index is 0.115. The fourth-order valence-electron chi connectivity index (χ4n) is 9.00. The molecule has 0 fully saturated rings. The zero-order valence-corrected chi connectivity index (χ0v) is 34.8. The second kappa shape index (κ2) is 14.1. The molecule has 0 amide bonds. The molecule has 10 aromatic rings. The van der Waals surface area contributed by atoms with E-state index in [9.17, 15) is 0 Å². The van der Waals surface area contributed by atoms with Gasteiger partial charge in [0.1, 0.15) is 121 Å². The lowest BCUT2D eigenvalue weighted by molar-refractivity contribution is 0.669. The number of furan rings is 1. The summed E-state index contributed by atoms with van der Waals surface area (Å²) in [6, 6.07) is 16.9. The van der Waals surface area contributed by atoms with Crippen LogP contribution in [0.4, 0.5) is 0 Å². The van der Waals surface area contributed by atoms with E-state index in [1.807, 2.05) is 54.0 Å². The van der Waals surface area contributed by atoms with E-state index in [1.165, 1.54) is 11.3 Å². The maximum Gasteiger partial charge on any atom is 0.137 e. The molecule has 0 unspecified atom stereocenters. The molecule has 61 heavy (non-hydrogen) atoms. The van der Waals surface area contributed by atoms with Crippen LogP contribution in [0, 0.1) is 6.92 Å². The average molecular weight is 822 g/mol. The lowest BCUT2D eigenvalue weighted by atomic mass is 9.64. The molecule has 0 saturated carbocycles. The van der Waals surface area contributed by atoms with Gasteiger partial charge in [0.15, 0.2) is 0 Å². The van der Waals surface area contributed by atoms with Crippen molar-refractivity contribution in [3.63, 3.8) is 0 Å². The molecule has 250 valence electrons. The second-order valence-corrected chi connectivity index (χ2v) is 17.0. The van der Waals surface area contributed by atoms with E-state index in [4.69, 9.17) is 114 Å². The highest BCUT2D eigenvalue weighted by molar-refractivity contribution is 9.10. The average Bonchev–Trinajstić information content (AvgIpc) is 3.94. The number of halogens is 1. The van der Waals surface area contributed by atoms with Crippen LogP contribution >= 0.6 is 27.3 Å². The minimum absolute atomic E-state index is 0.115. The van der Waals surface area contributed by atoms with Crippen LogP contribution in [0.1, 0.15) is 5.56 Å². The number of fused-ring (bicyclic) bond motifs is 9. The monoisotopic (exact) mass is 823 g/mol. The molecule has 3 aromatic heterocycles. The predicted molar refractivity (Wildman–Crippen MR) is 280 cm³/mol. The predicted octanol–water partition coefficient (Wildman–Crippen LogP) is -3.43. The summed E-state index contributed by atoms with van der Waals surface area (Å²) in [5.41, 5.74) is 8.70. The third kappa shape index (κ3) is 5.40. The summed E-state index contributed by atoms with van der Waals surface area (Å²) in [6.45, 7) is 1.81. The van der Waals surface area contributed by atoms with E-state index in [-0.39, 0.29) is 65.6 Å². The molecule has 0 N–H and O–H groups in total. The highest BCUT2D eigenvalue weighted by Crippen LogP contribution is 2.39. The van der Waals surface area contributed by atoms with Crippen molar-refractivity contribution in [1.29, 1.82) is 0 Å². The van der Waals surface area contributed by atoms with Crippen LogP contribution in [-0.4, -0.2) is 114 Å². The van der Waals surface area contributed by atoms with Crippen molar-refractivity contribution < 1.29 is 4.42 Å². The molecule has 0 aliphatic carbocycles. The second-order valence-electron chi connectivity index (χ2n) is 15.2. The van der Waals surface area contributed by atoms with Gasteiger partial charge in [0, 0.05) is 41.1 Å². The highest BCUT2D eigenvalue weighted by atomic mass is 79.9. The molecule has 28 radical (unpaired) electrons. The molecule has 18 heteroatoms. The van der Waals surface area contributed by atoms with Gasteiger partial charge in [-0.3, -0.25) is 0 Å². The van der Waals surface area contributed by atoms with E-state index in [1.54, 1.807) is 12.1 Å². The molecule has 0 spiro atoms. The van der Waals surface area contributed by atoms with E-state index in [0.717, 1.165) is 10.8 Å². The third-order valence-corrected chi connectivity index (χ3v) is 14.1. The molecule has 0 saturated heterocycles. The number of para-hydroxylation sites is 1. The van der Waals surface area contributed by atoms with Crippen LogP contribution < -0.4 is 76.5 Å². The van der Waals surface area contributed by atoms with Gasteiger partial charge >= 0.3 is 0 Å². The topological polar surface area (TPSA) is 18.1 Å². The zero-order chi connectivity index (χ0) is 43.4. The molecular weight excluding hydrogens is 810 g/mol. The Balaban J connectivity index is 1.29. The molecule has 0 atom stereocenters. The number of hydrogen-bond donors (Lipinski definition) is 0. The highest BCUT2D eigenvalue weighted by Gasteiger charge is 2.28. The first-order chi connectivity index (χ1) is 29.0. The van der Waals surface area contributed by atoms with Gasteiger partial charge in [-0.1, -0.05) is 123 Å². The Kier molecular flexibility index (Phi) is 9.45. The normalized spacial score (nSPS) is 12.0. The fourth-order valence-corrected chi connectivity index (χ4v) is 10.8. The van der Waals surface area contributed by atoms with Gasteiger partial charge in [0.2, 0.25) is 0 Å². The molecular formula is C43H12B14BrNOS. The van der Waals surface area contributed by atoms with Crippen LogP contribution in [-0.2, 0) is 0 Å². The van der Waals surface area contributed by atoms with Crippen molar-refractivity contribution in [1.82, 2.24) is 4.57 Å². The van der Waals surface area contributed by atoms with Crippen molar-refractivity contribution in [3.8, 4) is 27.9 Å². The Labute approximate surface area is 383 Å². The fraction of sp³-hybridized carbons (Fsp3) is 0.0233. The van der Waals surface area contributed by atoms with Crippen LogP contribution in [0.5, 0.6) is 0 Å². The van der Waals surface area contributed by atoms with Gasteiger partial charge in [-0.2, -0.15) is 0 Å². The third-order valence-electron chi connectivity index (χ3n) is 12.0. The number of benzene rings is 7. The van der Waals surface area contributed by atoms with Crippen LogP contribution in [0.15, 0.2) is 63.5 Å². The molecule has 2 nitrogen and oxygen atoms in total. The van der Waals surface area contributed by atoms with Gasteiger partial charge in [-0.05, 0) is 58.1 Å². The molecule has 3 heterocycles. The first-order valence-corrected chi connectivity index (χ1v) is 20.3. The molecule has 0 bridgehead atoms. The minimum Gasteiger partial charge on any atom is -0.456 e. The Morgan fingerprint density at radius 2 is 1.07 bits per heavy atom. The number of hydrogen-bond acceptors (Lipinski definition) is 2. The van der Waals surface area contributed by atoms with Gasteiger partial charge < -0.3 is 8.98 Å². The number of aromatic nitrogens is 1. The van der Waals surface area contributed by atoms with Crippen molar-refractivity contribution >= 4 is 278 Å². The van der Waals surface area contributed by atoms with Crippen molar-refractivity contribution in [2.45, 2.75) is 6.92 Å². The molecule has 7 aromatic carbocycles. The maximum absolute atomic E-state index is 7.29. The maximum atomic E-state index is 7.29. The Bertz CT molecular complexity index is 3660. The van der Waals surface area contributed by atoms with Gasteiger partial charge in [0.05, 0.1) is 11.1 Å². The van der Waals surface area contributed by atoms with Crippen molar-refractivity contribution in [2.24, 2.45) is 0 Å². The summed E-state index contributed by atoms with van der Waals surface area (Å²) in [5, 5.41) is 3.80. The number of nitrogens with zero attached hydrogens (tertiary/aromatic N) is 1. The van der Waals surface area contributed by atoms with Crippen molar-refractivity contribution in [3.05, 3.63) is 64.6 Å². The van der Waals surface area contributed by atoms with E-state index < -0.39 is 0 Å². The summed E-state index contributed by atoms with van der Waals surface area (Å²) in [6.07, 6.45) is 0. The lowest BCUT2D eigenvalue weighted by Crippen LogP contribution is -2.47. The van der Waals surface area contributed by atoms with Gasteiger partial charge in [-0.25, -0.2) is 0 Å². The van der Waals surface area contributed by atoms with E-state index in [0.29, 0.717) is 102 Å². The van der Waals surface area contributed by atoms with Crippen LogP contribution in [0.25, 0.3) is 91.9 Å². The van der Waals surface area contributed by atoms with Gasteiger partial charge in [-0.15, -0.1) is 22.3 Å². The Morgan fingerprint density at radius 1 is 0.475 bits per heavy atom. The van der Waals surface area contributed by atoms with E-state index in [2.05, 4.69) is 15.9 Å². The summed E-state index contributed by atoms with van der Waals surface area (Å²) >= 11 is 4.90. The molecule has 0 aliphatic rings. The quantitative estimate of drug-likeness (QED) is 0.170.